The third kappa shape index (κ3) is 7.88. The van der Waals surface area contributed by atoms with Crippen molar-refractivity contribution in [3.63, 3.8) is 0 Å². The van der Waals surface area contributed by atoms with Crippen LogP contribution in [0.4, 0.5) is 0 Å². The Morgan fingerprint density at radius 2 is 0.427 bits per heavy atom. The number of benzene rings is 14. The van der Waals surface area contributed by atoms with Gasteiger partial charge in [-0.15, -0.1) is 0 Å². The molecule has 12 heterocycles. The van der Waals surface area contributed by atoms with Crippen molar-refractivity contribution >= 4 is 314 Å². The van der Waals surface area contributed by atoms with Gasteiger partial charge in [0.2, 0.25) is 0 Å². The first-order valence-electron chi connectivity index (χ1n) is 34.6. The van der Waals surface area contributed by atoms with Crippen LogP contribution in [0.3, 0.4) is 0 Å². The number of halogens is 6. The van der Waals surface area contributed by atoms with Crippen LogP contribution < -0.4 is 33.4 Å². The lowest BCUT2D eigenvalue weighted by molar-refractivity contribution is 1.14. The van der Waals surface area contributed by atoms with Gasteiger partial charge in [-0.2, -0.15) is 0 Å². The highest BCUT2D eigenvalue weighted by Gasteiger charge is 2.31. The van der Waals surface area contributed by atoms with E-state index in [9.17, 15) is 28.8 Å². The van der Waals surface area contributed by atoms with Crippen LogP contribution in [0.2, 0.25) is 0 Å². The predicted octanol–water partition coefficient (Wildman–Crippen LogP) is 19.9. The number of hydrogen-bond acceptors (Lipinski definition) is 12. The zero-order chi connectivity index (χ0) is 73.8. The number of hydrogen-bond donors (Lipinski definition) is 0. The molecule has 516 valence electrons. The van der Waals surface area contributed by atoms with E-state index < -0.39 is 0 Å². The molecule has 0 unspecified atom stereocenters. The topological polar surface area (TPSA) is 206 Å². The molecule has 12 aromatic heterocycles. The van der Waals surface area contributed by atoms with Crippen molar-refractivity contribution in [2.45, 2.75) is 0 Å². The molecule has 0 fully saturated rings. The Morgan fingerprint density at radius 1 is 0.191 bits per heavy atom. The molecular formula is C86H34Br6N12O6. The minimum atomic E-state index is -0.189. The molecule has 26 aromatic rings. The number of fused-ring (bicyclic) bond motifs is 22. The third-order valence-electron chi connectivity index (χ3n) is 22.2. The van der Waals surface area contributed by atoms with E-state index in [1.807, 2.05) is 194 Å². The van der Waals surface area contributed by atoms with E-state index in [-0.39, 0.29) is 33.4 Å². The summed E-state index contributed by atoms with van der Waals surface area (Å²) in [6.07, 6.45) is 0. The normalized spacial score (nSPS) is 12.7. The molecule has 0 aliphatic heterocycles. The van der Waals surface area contributed by atoms with E-state index in [1.54, 1.807) is 38.5 Å². The van der Waals surface area contributed by atoms with Crippen LogP contribution in [0.5, 0.6) is 0 Å². The average molecular weight is 1810 g/mol. The van der Waals surface area contributed by atoms with E-state index in [0.717, 1.165) is 145 Å². The summed E-state index contributed by atoms with van der Waals surface area (Å²) in [6, 6.07) is 65.6. The van der Waals surface area contributed by atoms with Gasteiger partial charge in [-0.1, -0.05) is 97.1 Å². The van der Waals surface area contributed by atoms with Gasteiger partial charge in [0.1, 0.15) is 33.9 Å². The monoisotopic (exact) mass is 1800 g/mol. The molecule has 0 amide bonds. The summed E-state index contributed by atoms with van der Waals surface area (Å²) in [6.45, 7) is 0. The van der Waals surface area contributed by atoms with E-state index in [2.05, 4.69) is 95.6 Å². The maximum absolute atomic E-state index is 14.5. The molecule has 110 heavy (non-hydrogen) atoms. The van der Waals surface area contributed by atoms with Crippen molar-refractivity contribution in [1.29, 1.82) is 0 Å². The maximum atomic E-state index is 14.5. The van der Waals surface area contributed by atoms with Crippen molar-refractivity contribution in [1.82, 2.24) is 56.3 Å². The van der Waals surface area contributed by atoms with Gasteiger partial charge >= 0.3 is 0 Å². The van der Waals surface area contributed by atoms with Crippen LogP contribution in [-0.2, 0) is 0 Å². The molecule has 26 rings (SSSR count). The first-order chi connectivity index (χ1) is 53.6. The molecule has 0 atom stereocenters. The smallest absolute Gasteiger partial charge is 0.265 e. The van der Waals surface area contributed by atoms with Crippen LogP contribution >= 0.6 is 95.6 Å². The second-order valence-corrected chi connectivity index (χ2v) is 32.8. The van der Waals surface area contributed by atoms with Crippen molar-refractivity contribution in [3.8, 4) is 0 Å². The maximum Gasteiger partial charge on any atom is 0.265 e. The fraction of sp³-hybridized carbons (Fsp3) is 0. The van der Waals surface area contributed by atoms with Gasteiger partial charge in [0.25, 0.3) is 33.4 Å². The van der Waals surface area contributed by atoms with E-state index in [0.29, 0.717) is 100 Å². The Bertz CT molecular complexity index is 9040. The zero-order valence-electron chi connectivity index (χ0n) is 55.7. The Balaban J connectivity index is 0.0000000973. The number of pyridine rings is 6. The zero-order valence-corrected chi connectivity index (χ0v) is 65.2. The molecule has 14 aromatic carbocycles. The number of imidazole rings is 4. The Morgan fingerprint density at radius 3 is 0.818 bits per heavy atom. The average Bonchev–Trinajstić information content (AvgIpc) is 1.45. The number of nitrogens with zero attached hydrogens (tertiary/aromatic N) is 12. The largest absolute Gasteiger partial charge is 0.268 e. The van der Waals surface area contributed by atoms with Crippen LogP contribution in [0.25, 0.3) is 219 Å². The molecule has 24 heteroatoms. The molecule has 0 bridgehead atoms. The quantitative estimate of drug-likeness (QED) is 0.103. The highest BCUT2D eigenvalue weighted by atomic mass is 79.9. The van der Waals surface area contributed by atoms with Crippen LogP contribution in [0, 0.1) is 0 Å². The molecule has 18 nitrogen and oxygen atoms in total. The van der Waals surface area contributed by atoms with Gasteiger partial charge < -0.3 is 0 Å². The predicted molar refractivity (Wildman–Crippen MR) is 460 cm³/mol. The van der Waals surface area contributed by atoms with Gasteiger partial charge in [0.05, 0.1) is 98.5 Å². The summed E-state index contributed by atoms with van der Waals surface area (Å²) < 4.78 is 14.1. The van der Waals surface area contributed by atoms with E-state index >= 15 is 0 Å². The van der Waals surface area contributed by atoms with Crippen LogP contribution in [0.15, 0.2) is 262 Å². The van der Waals surface area contributed by atoms with Crippen LogP contribution in [0.1, 0.15) is 0 Å². The Hall–Kier alpha value is -11.9. The second kappa shape index (κ2) is 22.0. The van der Waals surface area contributed by atoms with Gasteiger partial charge in [0, 0.05) is 102 Å². The fourth-order valence-electron chi connectivity index (χ4n) is 17.8. The second-order valence-electron chi connectivity index (χ2n) is 27.7. The van der Waals surface area contributed by atoms with Gasteiger partial charge in [0.15, 0.2) is 0 Å². The first kappa shape index (κ1) is 63.1. The molecule has 0 aliphatic rings. The molecule has 0 saturated carbocycles. The molecule has 0 radical (unpaired) electrons. The number of para-hydroxylation sites is 8. The van der Waals surface area contributed by atoms with Crippen molar-refractivity contribution in [2.24, 2.45) is 0 Å². The van der Waals surface area contributed by atoms with Crippen LogP contribution in [-0.4, -0.2) is 56.3 Å². The summed E-state index contributed by atoms with van der Waals surface area (Å²) in [5.74, 6) is 0. The fourth-order valence-corrected chi connectivity index (χ4v) is 21.4. The highest BCUT2D eigenvalue weighted by Crippen LogP contribution is 2.48. The minimum absolute atomic E-state index is 0.164. The van der Waals surface area contributed by atoms with Crippen molar-refractivity contribution in [2.75, 3.05) is 0 Å². The standard InChI is InChI=1S/C34H14Br2N4O2.2C26H10Br2N4O2/c35-19-13-17-27-28-18(32-38-22-10-2-6-16-8-4-12-24(26(16)22)40(32)34(42)30(19)28)14-20(36)29(27)33(41)39-23-11-3-7-15-5-1-9-21(25(15)23)37-31(17)39;27-13-9-11-19-20-12(25(33)32-18-8-4-2-6-16(18)30-24(32)21(13)20)10-14(28)22(19)26(34)31-17-7-3-1-5-15(17)29-23(11)31;27-13-9-11-19-12(25(33)31-17-7-3-1-5-15(17)29-23(11)31)10-14(28)21-22(19)20(13)24-30-16-6-2-4-8-18(16)32(24)26(21)34/h1-14H;2*1-10H. The van der Waals surface area contributed by atoms with E-state index in [4.69, 9.17) is 29.9 Å². The lowest BCUT2D eigenvalue weighted by Gasteiger charge is -2.19. The SMILES string of the molecule is O=c1c2c(Br)cc3c(=O)n4c5ccccc5nc4c4c(Br)cc(c2c34)c2nc3ccccc3n12.O=c1c2c(Br)cc3c4c(c(Br)cc(c24)c2nc4cccc5cccc(c54)n12)c(=O)n1c2cccc4cccc(nc31)c42.O=c1c2cc(Br)c3c(=O)n4c5ccccc5nc4c4c(Br)cc(c2c34)c2nc3ccccc3n12. The van der Waals surface area contributed by atoms with Crippen molar-refractivity contribution in [3.05, 3.63) is 295 Å². The molecule has 0 spiro atoms. The van der Waals surface area contributed by atoms with Gasteiger partial charge in [-0.25, -0.2) is 29.9 Å². The summed E-state index contributed by atoms with van der Waals surface area (Å²) in [7, 11) is 0. The van der Waals surface area contributed by atoms with E-state index in [1.165, 1.54) is 0 Å². The lowest BCUT2D eigenvalue weighted by atomic mass is 9.95. The minimum Gasteiger partial charge on any atom is -0.268 e. The first-order valence-corrected chi connectivity index (χ1v) is 39.3. The summed E-state index contributed by atoms with van der Waals surface area (Å²) >= 11 is 22.3. The highest BCUT2D eigenvalue weighted by molar-refractivity contribution is 9.11. The molecule has 0 N–H and O–H groups in total. The summed E-state index contributed by atoms with van der Waals surface area (Å²) in [5.41, 5.74) is 11.5. The number of rotatable bonds is 0. The Kier molecular flexibility index (Phi) is 12.6. The summed E-state index contributed by atoms with van der Waals surface area (Å²) in [4.78, 5) is 114. The third-order valence-corrected chi connectivity index (χ3v) is 25.9. The molecule has 0 aliphatic carbocycles. The number of aromatic nitrogens is 12. The molecule has 0 saturated heterocycles. The Labute approximate surface area is 659 Å². The molecular weight excluding hydrogens is 1780 g/mol. The van der Waals surface area contributed by atoms with Gasteiger partial charge in [-0.3, -0.25) is 55.2 Å². The van der Waals surface area contributed by atoms with Crippen molar-refractivity contribution < 1.29 is 0 Å². The summed E-state index contributed by atoms with van der Waals surface area (Å²) in [5, 5.41) is 16.1. The van der Waals surface area contributed by atoms with Gasteiger partial charge in [-0.05, 0) is 216 Å². The lowest BCUT2D eigenvalue weighted by Crippen LogP contribution is -2.20.